The van der Waals surface area contributed by atoms with Crippen LogP contribution in [0.15, 0.2) is 78.0 Å². The van der Waals surface area contributed by atoms with E-state index in [-0.39, 0.29) is 11.7 Å². The number of methoxy groups -OCH3 is 1. The van der Waals surface area contributed by atoms with E-state index in [1.54, 1.807) is 42.5 Å². The molecule has 0 saturated heterocycles. The molecule has 4 aromatic rings. The molecule has 1 aliphatic rings. The molecular weight excluding hydrogens is 440 g/mol. The zero-order valence-electron chi connectivity index (χ0n) is 18.0. The van der Waals surface area contributed by atoms with Gasteiger partial charge < -0.3 is 20.5 Å². The number of aromatic hydroxyl groups is 1. The lowest BCUT2D eigenvalue weighted by Gasteiger charge is -2.31. The number of hydrogen-bond donors (Lipinski definition) is 3. The van der Waals surface area contributed by atoms with Crippen molar-refractivity contribution in [1.82, 2.24) is 9.55 Å². The van der Waals surface area contributed by atoms with Gasteiger partial charge in [0.05, 0.1) is 29.8 Å². The Morgan fingerprint density at radius 2 is 1.91 bits per heavy atom. The molecule has 0 unspecified atom stereocenters. The maximum Gasteiger partial charge on any atom is 0.255 e. The van der Waals surface area contributed by atoms with Crippen LogP contribution in [-0.4, -0.2) is 27.7 Å². The molecule has 2 heterocycles. The van der Waals surface area contributed by atoms with E-state index in [1.807, 2.05) is 35.8 Å². The second kappa shape index (κ2) is 8.18. The highest BCUT2D eigenvalue weighted by Crippen LogP contribution is 2.41. The summed E-state index contributed by atoms with van der Waals surface area (Å²) in [5, 5.41) is 17.0. The molecule has 0 saturated carbocycles. The number of ether oxygens (including phenoxy) is 1. The molecule has 3 aromatic carbocycles. The molecule has 7 nitrogen and oxygen atoms in total. The van der Waals surface area contributed by atoms with Gasteiger partial charge in [0.1, 0.15) is 0 Å². The fourth-order valence-corrected chi connectivity index (χ4v) is 4.30. The van der Waals surface area contributed by atoms with Gasteiger partial charge in [-0.3, -0.25) is 9.36 Å². The number of anilines is 2. The SMILES string of the molecule is COc1cc([C@@H]2C(C(=O)Nc3ccc(Cl)cc3)=C(C)Nc3nc4ccccc4n32)ccc1O. The lowest BCUT2D eigenvalue weighted by Crippen LogP contribution is -2.30. The summed E-state index contributed by atoms with van der Waals surface area (Å²) >= 11 is 5.99. The second-order valence-corrected chi connectivity index (χ2v) is 8.19. The van der Waals surface area contributed by atoms with Crippen molar-refractivity contribution in [3.05, 3.63) is 88.6 Å². The van der Waals surface area contributed by atoms with E-state index in [0.717, 1.165) is 16.6 Å². The predicted molar refractivity (Wildman–Crippen MR) is 129 cm³/mol. The number of amides is 1. The molecule has 8 heteroatoms. The number of imidazole rings is 1. The smallest absolute Gasteiger partial charge is 0.255 e. The van der Waals surface area contributed by atoms with Crippen LogP contribution in [0.2, 0.25) is 5.02 Å². The van der Waals surface area contributed by atoms with Crippen molar-refractivity contribution >= 4 is 40.2 Å². The van der Waals surface area contributed by atoms with Gasteiger partial charge >= 0.3 is 0 Å². The fraction of sp³-hybridized carbons (Fsp3) is 0.120. The number of carbonyl (C=O) groups excluding carboxylic acids is 1. The Bertz CT molecular complexity index is 1410. The number of nitrogens with one attached hydrogen (secondary N) is 2. The molecule has 1 aliphatic heterocycles. The summed E-state index contributed by atoms with van der Waals surface area (Å²) in [6, 6.07) is 19.3. The molecule has 3 N–H and O–H groups in total. The first-order chi connectivity index (χ1) is 16.0. The first kappa shape index (κ1) is 20.9. The standard InChI is InChI=1S/C25H21ClN4O3/c1-14-22(24(32)28-17-10-8-16(26)9-11-17)23(15-7-12-20(31)21(13-15)33-2)30-19-6-4-3-5-18(19)29-25(30)27-14/h3-13,23,31H,1-2H3,(H,27,29)(H,28,32)/t23-/m1/s1. The van der Waals surface area contributed by atoms with Gasteiger partial charge in [-0.25, -0.2) is 4.98 Å². The number of hydrogen-bond acceptors (Lipinski definition) is 5. The molecule has 0 aliphatic carbocycles. The fourth-order valence-electron chi connectivity index (χ4n) is 4.17. The monoisotopic (exact) mass is 460 g/mol. The number of nitrogens with zero attached hydrogens (tertiary/aromatic N) is 2. The van der Waals surface area contributed by atoms with Crippen LogP contribution in [0.3, 0.4) is 0 Å². The Hall–Kier alpha value is -3.97. The van der Waals surface area contributed by atoms with Crippen molar-refractivity contribution < 1.29 is 14.6 Å². The Balaban J connectivity index is 1.67. The van der Waals surface area contributed by atoms with Crippen LogP contribution in [0.4, 0.5) is 11.6 Å². The maximum absolute atomic E-state index is 13.6. The summed E-state index contributed by atoms with van der Waals surface area (Å²) in [5.74, 6) is 0.725. The minimum atomic E-state index is -0.504. The summed E-state index contributed by atoms with van der Waals surface area (Å²) in [7, 11) is 1.49. The van der Waals surface area contributed by atoms with Crippen molar-refractivity contribution in [3.63, 3.8) is 0 Å². The maximum atomic E-state index is 13.6. The van der Waals surface area contributed by atoms with Crippen molar-refractivity contribution in [2.24, 2.45) is 0 Å². The third-order valence-corrected chi connectivity index (χ3v) is 5.95. The molecule has 0 bridgehead atoms. The summed E-state index contributed by atoms with van der Waals surface area (Å²) in [5.41, 5.74) is 4.29. The van der Waals surface area contributed by atoms with Crippen molar-refractivity contribution in [3.8, 4) is 11.5 Å². The van der Waals surface area contributed by atoms with E-state index in [2.05, 4.69) is 10.6 Å². The molecule has 0 spiro atoms. The molecule has 1 atom stereocenters. The number of fused-ring (bicyclic) bond motifs is 3. The number of phenols is 1. The number of rotatable bonds is 4. The molecule has 33 heavy (non-hydrogen) atoms. The van der Waals surface area contributed by atoms with E-state index in [9.17, 15) is 9.90 Å². The highest BCUT2D eigenvalue weighted by molar-refractivity contribution is 6.30. The summed E-state index contributed by atoms with van der Waals surface area (Å²) in [6.07, 6.45) is 0. The van der Waals surface area contributed by atoms with Crippen LogP contribution in [0, 0.1) is 0 Å². The van der Waals surface area contributed by atoms with Crippen LogP contribution >= 0.6 is 11.6 Å². The molecular formula is C25H21ClN4O3. The summed E-state index contributed by atoms with van der Waals surface area (Å²) in [4.78, 5) is 18.3. The van der Waals surface area contributed by atoms with Crippen molar-refractivity contribution in [1.29, 1.82) is 0 Å². The highest BCUT2D eigenvalue weighted by Gasteiger charge is 2.34. The molecule has 5 rings (SSSR count). The number of carbonyl (C=O) groups is 1. The van der Waals surface area contributed by atoms with E-state index in [1.165, 1.54) is 7.11 Å². The van der Waals surface area contributed by atoms with Crippen molar-refractivity contribution in [2.75, 3.05) is 17.7 Å². The minimum Gasteiger partial charge on any atom is -0.504 e. The van der Waals surface area contributed by atoms with Crippen LogP contribution in [-0.2, 0) is 4.79 Å². The van der Waals surface area contributed by atoms with Gasteiger partial charge in [0.2, 0.25) is 5.95 Å². The second-order valence-electron chi connectivity index (χ2n) is 7.75. The van der Waals surface area contributed by atoms with Gasteiger partial charge in [0.15, 0.2) is 11.5 Å². The van der Waals surface area contributed by atoms with Crippen LogP contribution in [0.25, 0.3) is 11.0 Å². The predicted octanol–water partition coefficient (Wildman–Crippen LogP) is 5.33. The Morgan fingerprint density at radius 3 is 2.67 bits per heavy atom. The largest absolute Gasteiger partial charge is 0.504 e. The Morgan fingerprint density at radius 1 is 1.15 bits per heavy atom. The lowest BCUT2D eigenvalue weighted by molar-refractivity contribution is -0.113. The first-order valence-electron chi connectivity index (χ1n) is 10.3. The third kappa shape index (κ3) is 3.66. The number of aromatic nitrogens is 2. The zero-order chi connectivity index (χ0) is 23.1. The Labute approximate surface area is 195 Å². The number of phenolic OH excluding ortho intramolecular Hbond substituents is 1. The van der Waals surface area contributed by atoms with Gasteiger partial charge in [0, 0.05) is 16.4 Å². The zero-order valence-corrected chi connectivity index (χ0v) is 18.7. The van der Waals surface area contributed by atoms with Gasteiger partial charge in [-0.2, -0.15) is 0 Å². The van der Waals surface area contributed by atoms with Gasteiger partial charge in [-0.05, 0) is 61.0 Å². The number of para-hydroxylation sites is 2. The van der Waals surface area contributed by atoms with Crippen molar-refractivity contribution in [2.45, 2.75) is 13.0 Å². The average molecular weight is 461 g/mol. The van der Waals surface area contributed by atoms with E-state index in [0.29, 0.717) is 33.7 Å². The summed E-state index contributed by atoms with van der Waals surface area (Å²) in [6.45, 7) is 1.85. The van der Waals surface area contributed by atoms with Gasteiger partial charge in [0.25, 0.3) is 5.91 Å². The highest BCUT2D eigenvalue weighted by atomic mass is 35.5. The number of allylic oxidation sites excluding steroid dienone is 1. The quantitative estimate of drug-likeness (QED) is 0.383. The molecule has 0 fully saturated rings. The van der Waals surface area contributed by atoms with Gasteiger partial charge in [-0.15, -0.1) is 0 Å². The van der Waals surface area contributed by atoms with E-state index < -0.39 is 6.04 Å². The topological polar surface area (TPSA) is 88.4 Å². The van der Waals surface area contributed by atoms with Gasteiger partial charge in [-0.1, -0.05) is 29.8 Å². The first-order valence-corrected chi connectivity index (χ1v) is 10.7. The van der Waals surface area contributed by atoms with Crippen LogP contribution < -0.4 is 15.4 Å². The average Bonchev–Trinajstić information content (AvgIpc) is 3.18. The van der Waals surface area contributed by atoms with Crippen LogP contribution in [0.5, 0.6) is 11.5 Å². The summed E-state index contributed by atoms with van der Waals surface area (Å²) < 4.78 is 7.33. The molecule has 166 valence electrons. The number of benzene rings is 3. The molecule has 0 radical (unpaired) electrons. The number of halogens is 1. The molecule has 1 amide bonds. The molecule has 1 aromatic heterocycles. The van der Waals surface area contributed by atoms with Crippen LogP contribution in [0.1, 0.15) is 18.5 Å². The normalized spacial score (nSPS) is 15.2. The van der Waals surface area contributed by atoms with E-state index >= 15 is 0 Å². The Kier molecular flexibility index (Phi) is 5.18. The lowest BCUT2D eigenvalue weighted by atomic mass is 9.94. The third-order valence-electron chi connectivity index (χ3n) is 5.70. The minimum absolute atomic E-state index is 0.0266. The van der Waals surface area contributed by atoms with E-state index in [4.69, 9.17) is 21.3 Å².